The summed E-state index contributed by atoms with van der Waals surface area (Å²) in [5.74, 6) is 0.394. The predicted molar refractivity (Wildman–Crippen MR) is 120 cm³/mol. The molecule has 4 rings (SSSR count). The van der Waals surface area contributed by atoms with Crippen LogP contribution in [0.15, 0.2) is 57.8 Å². The van der Waals surface area contributed by atoms with Crippen molar-refractivity contribution in [3.8, 4) is 0 Å². The molecule has 0 spiro atoms. The quantitative estimate of drug-likeness (QED) is 0.555. The van der Waals surface area contributed by atoms with Gasteiger partial charge in [-0.15, -0.1) is 5.10 Å². The lowest BCUT2D eigenvalue weighted by Gasteiger charge is -2.16. The number of amides is 1. The van der Waals surface area contributed by atoms with Crippen molar-refractivity contribution in [2.75, 3.05) is 12.4 Å². The molecule has 1 N–H and O–H groups in total. The van der Waals surface area contributed by atoms with Gasteiger partial charge in [0.15, 0.2) is 0 Å². The van der Waals surface area contributed by atoms with Gasteiger partial charge in [-0.2, -0.15) is 4.31 Å². The second-order valence-corrected chi connectivity index (χ2v) is 10.3. The normalized spacial score (nSPS) is 14.2. The summed E-state index contributed by atoms with van der Waals surface area (Å²) in [4.78, 5) is 12.7. The number of rotatable bonds is 8. The van der Waals surface area contributed by atoms with Gasteiger partial charge >= 0.3 is 6.01 Å². The van der Waals surface area contributed by atoms with E-state index in [0.29, 0.717) is 23.8 Å². The van der Waals surface area contributed by atoms with Crippen molar-refractivity contribution in [3.63, 3.8) is 0 Å². The summed E-state index contributed by atoms with van der Waals surface area (Å²) in [5.41, 5.74) is 2.58. The third-order valence-corrected chi connectivity index (χ3v) is 7.47. The van der Waals surface area contributed by atoms with Gasteiger partial charge in [0, 0.05) is 18.7 Å². The number of carbonyl (C=O) groups is 1. The van der Waals surface area contributed by atoms with Crippen LogP contribution in [0, 0.1) is 0 Å². The van der Waals surface area contributed by atoms with E-state index in [1.165, 1.54) is 34.1 Å². The molecule has 3 aromatic rings. The Labute approximate surface area is 187 Å². The van der Waals surface area contributed by atoms with E-state index in [1.807, 2.05) is 12.1 Å². The van der Waals surface area contributed by atoms with Gasteiger partial charge in [0.2, 0.25) is 15.9 Å². The zero-order valence-corrected chi connectivity index (χ0v) is 19.1. The Balaban J connectivity index is 1.38. The van der Waals surface area contributed by atoms with E-state index in [4.69, 9.17) is 4.42 Å². The number of hydrogen-bond donors (Lipinski definition) is 1. The zero-order valence-electron chi connectivity index (χ0n) is 18.3. The molecule has 1 amide bonds. The molecule has 1 heterocycles. The van der Waals surface area contributed by atoms with Gasteiger partial charge in [-0.05, 0) is 54.2 Å². The van der Waals surface area contributed by atoms with Crippen LogP contribution in [0.1, 0.15) is 60.0 Å². The summed E-state index contributed by atoms with van der Waals surface area (Å²) in [6.45, 7) is 4.28. The van der Waals surface area contributed by atoms with Gasteiger partial charge in [0.05, 0.1) is 11.3 Å². The van der Waals surface area contributed by atoms with Crippen LogP contribution >= 0.6 is 0 Å². The van der Waals surface area contributed by atoms with Crippen molar-refractivity contribution in [2.45, 2.75) is 50.0 Å². The summed E-state index contributed by atoms with van der Waals surface area (Å²) in [5, 5.41) is 10.4. The van der Waals surface area contributed by atoms with Crippen LogP contribution in [-0.2, 0) is 16.4 Å². The lowest BCUT2D eigenvalue weighted by atomic mass is 10.0. The molecule has 1 saturated carbocycles. The van der Waals surface area contributed by atoms with Gasteiger partial charge in [0.1, 0.15) is 0 Å². The SMILES string of the molecule is CC(C)c1ccc(Cc2nnc(NC(=O)c3ccc(S(=O)(=O)N(C)C4CC4)cc3)o2)cc1. The summed E-state index contributed by atoms with van der Waals surface area (Å²) in [6, 6.07) is 14.1. The largest absolute Gasteiger partial charge is 0.407 e. The van der Waals surface area contributed by atoms with Crippen molar-refractivity contribution in [3.05, 3.63) is 71.1 Å². The maximum atomic E-state index is 12.6. The lowest BCUT2D eigenvalue weighted by Crippen LogP contribution is -2.29. The first-order valence-corrected chi connectivity index (χ1v) is 12.0. The van der Waals surface area contributed by atoms with Gasteiger partial charge in [-0.1, -0.05) is 43.2 Å². The van der Waals surface area contributed by atoms with Gasteiger partial charge in [0.25, 0.3) is 5.91 Å². The van der Waals surface area contributed by atoms with Crippen LogP contribution in [0.3, 0.4) is 0 Å². The minimum Gasteiger partial charge on any atom is -0.407 e. The molecule has 1 aliphatic rings. The van der Waals surface area contributed by atoms with E-state index >= 15 is 0 Å². The Morgan fingerprint density at radius 1 is 1.09 bits per heavy atom. The molecule has 1 fully saturated rings. The fourth-order valence-electron chi connectivity index (χ4n) is 3.32. The second kappa shape index (κ2) is 8.84. The summed E-state index contributed by atoms with van der Waals surface area (Å²) < 4.78 is 32.1. The van der Waals surface area contributed by atoms with Crippen LogP contribution in [-0.4, -0.2) is 41.9 Å². The molecule has 0 radical (unpaired) electrons. The Bertz CT molecular complexity index is 1200. The van der Waals surface area contributed by atoms with Crippen LogP contribution < -0.4 is 5.32 Å². The molecule has 0 aliphatic heterocycles. The fraction of sp³-hybridized carbons (Fsp3) is 0.348. The standard InChI is InChI=1S/C23H26N4O4S/c1-15(2)17-6-4-16(5-7-17)14-21-25-26-23(31-21)24-22(28)18-8-12-20(13-9-18)32(29,30)27(3)19-10-11-19/h4-9,12-13,15,19H,10-11,14H2,1-3H3,(H,24,26,28). The van der Waals surface area contributed by atoms with E-state index < -0.39 is 15.9 Å². The van der Waals surface area contributed by atoms with E-state index in [1.54, 1.807) is 7.05 Å². The first-order valence-electron chi connectivity index (χ1n) is 10.5. The maximum absolute atomic E-state index is 12.6. The predicted octanol–water partition coefficient (Wildman–Crippen LogP) is 3.82. The summed E-state index contributed by atoms with van der Waals surface area (Å²) in [6.07, 6.45) is 2.22. The topological polar surface area (TPSA) is 105 Å². The molecule has 0 unspecified atom stereocenters. The number of hydrogen-bond acceptors (Lipinski definition) is 6. The van der Waals surface area contributed by atoms with Crippen LogP contribution in [0.25, 0.3) is 0 Å². The molecule has 32 heavy (non-hydrogen) atoms. The van der Waals surface area contributed by atoms with Crippen molar-refractivity contribution in [1.29, 1.82) is 0 Å². The Morgan fingerprint density at radius 2 is 1.75 bits per heavy atom. The van der Waals surface area contributed by atoms with Crippen molar-refractivity contribution in [2.24, 2.45) is 0 Å². The van der Waals surface area contributed by atoms with Crippen molar-refractivity contribution in [1.82, 2.24) is 14.5 Å². The number of nitrogens with one attached hydrogen (secondary N) is 1. The van der Waals surface area contributed by atoms with E-state index in [0.717, 1.165) is 18.4 Å². The molecule has 0 saturated heterocycles. The fourth-order valence-corrected chi connectivity index (χ4v) is 4.73. The van der Waals surface area contributed by atoms with E-state index in [2.05, 4.69) is 41.5 Å². The third-order valence-electron chi connectivity index (χ3n) is 5.54. The number of benzene rings is 2. The summed E-state index contributed by atoms with van der Waals surface area (Å²) >= 11 is 0. The molecule has 9 heteroatoms. The molecular weight excluding hydrogens is 428 g/mol. The third kappa shape index (κ3) is 4.89. The number of anilines is 1. The molecular formula is C23H26N4O4S. The second-order valence-electron chi connectivity index (χ2n) is 8.30. The van der Waals surface area contributed by atoms with Gasteiger partial charge in [-0.25, -0.2) is 8.42 Å². The van der Waals surface area contributed by atoms with Crippen molar-refractivity contribution < 1.29 is 17.6 Å². The highest BCUT2D eigenvalue weighted by Crippen LogP contribution is 2.30. The first kappa shape index (κ1) is 22.2. The van der Waals surface area contributed by atoms with E-state index in [-0.39, 0.29) is 17.0 Å². The van der Waals surface area contributed by atoms with E-state index in [9.17, 15) is 13.2 Å². The Hall–Kier alpha value is -3.04. The number of carbonyl (C=O) groups excluding carboxylic acids is 1. The Kier molecular flexibility index (Phi) is 6.12. The number of sulfonamides is 1. The highest BCUT2D eigenvalue weighted by atomic mass is 32.2. The molecule has 8 nitrogen and oxygen atoms in total. The smallest absolute Gasteiger partial charge is 0.322 e. The number of aromatic nitrogens is 2. The highest BCUT2D eigenvalue weighted by Gasteiger charge is 2.35. The minimum atomic E-state index is -3.55. The minimum absolute atomic E-state index is 0.00559. The molecule has 0 bridgehead atoms. The molecule has 2 aromatic carbocycles. The maximum Gasteiger partial charge on any atom is 0.322 e. The van der Waals surface area contributed by atoms with Crippen LogP contribution in [0.4, 0.5) is 6.01 Å². The highest BCUT2D eigenvalue weighted by molar-refractivity contribution is 7.89. The zero-order chi connectivity index (χ0) is 22.9. The average molecular weight is 455 g/mol. The van der Waals surface area contributed by atoms with Crippen LogP contribution in [0.5, 0.6) is 0 Å². The average Bonchev–Trinajstić information content (AvgIpc) is 3.54. The van der Waals surface area contributed by atoms with Crippen molar-refractivity contribution >= 4 is 21.9 Å². The lowest BCUT2D eigenvalue weighted by molar-refractivity contribution is 0.102. The molecule has 1 aromatic heterocycles. The summed E-state index contributed by atoms with van der Waals surface area (Å²) in [7, 11) is -1.97. The Morgan fingerprint density at radius 3 is 2.34 bits per heavy atom. The monoisotopic (exact) mass is 454 g/mol. The molecule has 168 valence electrons. The van der Waals surface area contributed by atoms with Gasteiger partial charge < -0.3 is 4.42 Å². The number of nitrogens with zero attached hydrogens (tertiary/aromatic N) is 3. The first-order chi connectivity index (χ1) is 15.2. The molecule has 1 aliphatic carbocycles. The molecule has 0 atom stereocenters. The van der Waals surface area contributed by atoms with Crippen LogP contribution in [0.2, 0.25) is 0 Å². The van der Waals surface area contributed by atoms with Gasteiger partial charge in [-0.3, -0.25) is 10.1 Å².